The van der Waals surface area contributed by atoms with Gasteiger partial charge in [-0.2, -0.15) is 0 Å². The van der Waals surface area contributed by atoms with E-state index in [9.17, 15) is 4.79 Å². The van der Waals surface area contributed by atoms with Gasteiger partial charge >= 0.3 is 5.97 Å². The monoisotopic (exact) mass is 206 g/mol. The smallest absolute Gasteiger partial charge is 0.332 e. The molecule has 0 saturated heterocycles. The summed E-state index contributed by atoms with van der Waals surface area (Å²) in [7, 11) is 0. The maximum absolute atomic E-state index is 10.9. The van der Waals surface area contributed by atoms with Crippen LogP contribution in [0.15, 0.2) is 46.9 Å². The van der Waals surface area contributed by atoms with Gasteiger partial charge in [0.1, 0.15) is 0 Å². The van der Waals surface area contributed by atoms with Crippen LogP contribution < -0.4 is 0 Å². The highest BCUT2D eigenvalue weighted by molar-refractivity contribution is 8.00. The molecule has 3 heteroatoms. The second-order valence-corrected chi connectivity index (χ2v) is 4.22. The number of benzene rings is 1. The van der Waals surface area contributed by atoms with Crippen molar-refractivity contribution < 1.29 is 9.53 Å². The number of rotatable bonds is 2. The number of hydrogen-bond acceptors (Lipinski definition) is 3. The summed E-state index contributed by atoms with van der Waals surface area (Å²) >= 11 is 1.55. The standard InChI is InChI=1S/C11H10O2S/c1-8-7-10(12)13-11(8)14-9-5-3-2-4-6-9/h2-7,11H,1H3. The van der Waals surface area contributed by atoms with E-state index >= 15 is 0 Å². The molecule has 0 aliphatic carbocycles. The molecule has 1 unspecified atom stereocenters. The molecule has 2 rings (SSSR count). The fourth-order valence-electron chi connectivity index (χ4n) is 1.23. The molecule has 0 aromatic heterocycles. The zero-order valence-corrected chi connectivity index (χ0v) is 8.58. The van der Waals surface area contributed by atoms with Crippen LogP contribution >= 0.6 is 11.8 Å². The summed E-state index contributed by atoms with van der Waals surface area (Å²) in [6.07, 6.45) is 1.54. The highest BCUT2D eigenvalue weighted by Crippen LogP contribution is 2.31. The lowest BCUT2D eigenvalue weighted by atomic mass is 10.3. The summed E-state index contributed by atoms with van der Waals surface area (Å²) in [5.41, 5.74) is 0.828. The van der Waals surface area contributed by atoms with Gasteiger partial charge in [-0.05, 0) is 24.6 Å². The Labute approximate surface area is 87.0 Å². The van der Waals surface area contributed by atoms with Gasteiger partial charge in [0.15, 0.2) is 5.44 Å². The third-order valence-corrected chi connectivity index (χ3v) is 3.15. The van der Waals surface area contributed by atoms with Crippen LogP contribution in [0.5, 0.6) is 0 Å². The van der Waals surface area contributed by atoms with Gasteiger partial charge in [-0.25, -0.2) is 4.79 Å². The number of cyclic esters (lactones) is 1. The van der Waals surface area contributed by atoms with Crippen molar-refractivity contribution in [1.82, 2.24) is 0 Å². The van der Waals surface area contributed by atoms with E-state index in [1.807, 2.05) is 37.3 Å². The molecule has 1 aliphatic heterocycles. The van der Waals surface area contributed by atoms with Gasteiger partial charge in [-0.15, -0.1) is 0 Å². The third kappa shape index (κ3) is 1.99. The van der Waals surface area contributed by atoms with Crippen molar-refractivity contribution in [1.29, 1.82) is 0 Å². The van der Waals surface area contributed by atoms with Crippen molar-refractivity contribution in [3.05, 3.63) is 42.0 Å². The Balaban J connectivity index is 2.07. The number of hydrogen-bond donors (Lipinski definition) is 0. The van der Waals surface area contributed by atoms with Gasteiger partial charge in [-0.3, -0.25) is 0 Å². The van der Waals surface area contributed by atoms with Gasteiger partial charge in [0.25, 0.3) is 0 Å². The molecule has 1 heterocycles. The molecular formula is C11H10O2S. The van der Waals surface area contributed by atoms with Crippen LogP contribution in [0, 0.1) is 0 Å². The molecule has 72 valence electrons. The van der Waals surface area contributed by atoms with Crippen LogP contribution in [-0.4, -0.2) is 11.4 Å². The topological polar surface area (TPSA) is 26.3 Å². The average Bonchev–Trinajstić information content (AvgIpc) is 2.47. The number of ether oxygens (including phenoxy) is 1. The van der Waals surface area contributed by atoms with Crippen molar-refractivity contribution in [2.75, 3.05) is 0 Å². The fourth-order valence-corrected chi connectivity index (χ4v) is 2.18. The first-order valence-electron chi connectivity index (χ1n) is 4.36. The van der Waals surface area contributed by atoms with E-state index in [1.54, 1.807) is 17.8 Å². The lowest BCUT2D eigenvalue weighted by Gasteiger charge is -2.10. The molecule has 0 saturated carbocycles. The van der Waals surface area contributed by atoms with Crippen molar-refractivity contribution in [2.24, 2.45) is 0 Å². The molecule has 2 nitrogen and oxygen atoms in total. The first kappa shape index (κ1) is 9.34. The summed E-state index contributed by atoms with van der Waals surface area (Å²) in [6, 6.07) is 9.91. The Morgan fingerprint density at radius 2 is 2.00 bits per heavy atom. The van der Waals surface area contributed by atoms with E-state index in [0.29, 0.717) is 0 Å². The van der Waals surface area contributed by atoms with Crippen molar-refractivity contribution in [3.63, 3.8) is 0 Å². The number of thioether (sulfide) groups is 1. The van der Waals surface area contributed by atoms with Gasteiger partial charge in [0.05, 0.1) is 0 Å². The SMILES string of the molecule is CC1=CC(=O)OC1Sc1ccccc1. The molecule has 0 N–H and O–H groups in total. The van der Waals surface area contributed by atoms with E-state index in [0.717, 1.165) is 10.5 Å². The van der Waals surface area contributed by atoms with E-state index < -0.39 is 0 Å². The number of esters is 1. The molecule has 1 aliphatic rings. The Bertz CT molecular complexity index is 370. The highest BCUT2D eigenvalue weighted by Gasteiger charge is 2.23. The number of carbonyl (C=O) groups excluding carboxylic acids is 1. The highest BCUT2D eigenvalue weighted by atomic mass is 32.2. The van der Waals surface area contributed by atoms with Gasteiger partial charge < -0.3 is 4.74 Å². The van der Waals surface area contributed by atoms with Gasteiger partial charge in [-0.1, -0.05) is 30.0 Å². The Morgan fingerprint density at radius 1 is 1.29 bits per heavy atom. The Hall–Kier alpha value is -1.22. The first-order valence-corrected chi connectivity index (χ1v) is 5.24. The second kappa shape index (κ2) is 3.88. The van der Waals surface area contributed by atoms with E-state index in [-0.39, 0.29) is 11.4 Å². The molecule has 0 amide bonds. The molecule has 0 spiro atoms. The zero-order valence-electron chi connectivity index (χ0n) is 7.77. The molecule has 0 bridgehead atoms. The summed E-state index contributed by atoms with van der Waals surface area (Å²) in [5, 5.41) is 0. The number of carbonyl (C=O) groups is 1. The molecule has 1 atom stereocenters. The van der Waals surface area contributed by atoms with Crippen molar-refractivity contribution in [3.8, 4) is 0 Å². The Morgan fingerprint density at radius 3 is 2.57 bits per heavy atom. The largest absolute Gasteiger partial charge is 0.443 e. The predicted molar refractivity (Wildman–Crippen MR) is 55.9 cm³/mol. The molecular weight excluding hydrogens is 196 g/mol. The molecule has 0 radical (unpaired) electrons. The second-order valence-electron chi connectivity index (χ2n) is 3.09. The molecule has 1 aromatic carbocycles. The van der Waals surface area contributed by atoms with Crippen LogP contribution in [0.4, 0.5) is 0 Å². The lowest BCUT2D eigenvalue weighted by molar-refractivity contribution is -0.136. The summed E-state index contributed by atoms with van der Waals surface area (Å²) in [5.74, 6) is -0.240. The summed E-state index contributed by atoms with van der Waals surface area (Å²) < 4.78 is 5.11. The zero-order chi connectivity index (χ0) is 9.97. The van der Waals surface area contributed by atoms with Crippen LogP contribution in [0.3, 0.4) is 0 Å². The summed E-state index contributed by atoms with van der Waals surface area (Å²) in [6.45, 7) is 1.91. The van der Waals surface area contributed by atoms with Crippen LogP contribution in [-0.2, 0) is 9.53 Å². The Kier molecular flexibility index (Phi) is 2.59. The maximum atomic E-state index is 10.9. The van der Waals surface area contributed by atoms with Gasteiger partial charge in [0.2, 0.25) is 0 Å². The average molecular weight is 206 g/mol. The summed E-state index contributed by atoms with van der Waals surface area (Å²) in [4.78, 5) is 12.1. The molecule has 14 heavy (non-hydrogen) atoms. The first-order chi connectivity index (χ1) is 6.75. The van der Waals surface area contributed by atoms with Crippen molar-refractivity contribution in [2.45, 2.75) is 17.3 Å². The molecule has 1 aromatic rings. The molecule has 0 fully saturated rings. The fraction of sp³-hybridized carbons (Fsp3) is 0.182. The van der Waals surface area contributed by atoms with E-state index in [4.69, 9.17) is 4.74 Å². The third-order valence-electron chi connectivity index (χ3n) is 1.93. The van der Waals surface area contributed by atoms with Gasteiger partial charge in [0, 0.05) is 11.0 Å². The van der Waals surface area contributed by atoms with E-state index in [1.165, 1.54) is 0 Å². The van der Waals surface area contributed by atoms with Crippen LogP contribution in [0.1, 0.15) is 6.92 Å². The maximum Gasteiger partial charge on any atom is 0.332 e. The quantitative estimate of drug-likeness (QED) is 0.696. The predicted octanol–water partition coefficient (Wildman–Crippen LogP) is 2.61. The van der Waals surface area contributed by atoms with Crippen LogP contribution in [0.25, 0.3) is 0 Å². The normalized spacial score (nSPS) is 20.5. The van der Waals surface area contributed by atoms with E-state index in [2.05, 4.69) is 0 Å². The minimum atomic E-state index is -0.240. The minimum Gasteiger partial charge on any atom is -0.443 e. The minimum absolute atomic E-state index is 0.148. The lowest BCUT2D eigenvalue weighted by Crippen LogP contribution is -2.04. The van der Waals surface area contributed by atoms with Crippen molar-refractivity contribution >= 4 is 17.7 Å². The van der Waals surface area contributed by atoms with Crippen LogP contribution in [0.2, 0.25) is 0 Å².